The fraction of sp³-hybridized carbons (Fsp3) is 0.222. The zero-order valence-corrected chi connectivity index (χ0v) is 13.5. The first kappa shape index (κ1) is 17.0. The first-order valence-corrected chi connectivity index (χ1v) is 7.64. The van der Waals surface area contributed by atoms with Crippen LogP contribution in [0.5, 0.6) is 0 Å². The summed E-state index contributed by atoms with van der Waals surface area (Å²) in [6, 6.07) is 16.0. The number of halogens is 1. The molecule has 0 aromatic heterocycles. The Bertz CT molecular complexity index is 656. The third-order valence-corrected chi connectivity index (χ3v) is 3.52. The molecule has 0 aliphatic heterocycles. The molecule has 5 heteroatoms. The van der Waals surface area contributed by atoms with Crippen molar-refractivity contribution >= 4 is 23.5 Å². The van der Waals surface area contributed by atoms with Gasteiger partial charge in [0.25, 0.3) is 0 Å². The Morgan fingerprint density at radius 1 is 1.09 bits per heavy atom. The van der Waals surface area contributed by atoms with Crippen molar-refractivity contribution < 1.29 is 14.3 Å². The van der Waals surface area contributed by atoms with E-state index in [0.29, 0.717) is 5.02 Å². The molecule has 2 aromatic rings. The van der Waals surface area contributed by atoms with E-state index < -0.39 is 6.04 Å². The number of rotatable bonds is 6. The number of benzene rings is 2. The van der Waals surface area contributed by atoms with Gasteiger partial charge in [0.05, 0.1) is 12.5 Å². The maximum atomic E-state index is 12.0. The van der Waals surface area contributed by atoms with Crippen molar-refractivity contribution in [2.24, 2.45) is 0 Å². The van der Waals surface area contributed by atoms with Crippen LogP contribution in [0.25, 0.3) is 0 Å². The molecular formula is C18H18ClNO3. The molecule has 120 valence electrons. The molecule has 0 radical (unpaired) electrons. The van der Waals surface area contributed by atoms with Crippen LogP contribution in [0.3, 0.4) is 0 Å². The van der Waals surface area contributed by atoms with Crippen LogP contribution in [-0.2, 0) is 20.9 Å². The van der Waals surface area contributed by atoms with Gasteiger partial charge in [-0.1, -0.05) is 54.1 Å². The van der Waals surface area contributed by atoms with Crippen LogP contribution in [0.2, 0.25) is 5.02 Å². The lowest BCUT2D eigenvalue weighted by atomic mass is 10.0. The molecule has 1 amide bonds. The molecule has 0 saturated carbocycles. The van der Waals surface area contributed by atoms with Crippen LogP contribution in [0.1, 0.15) is 30.5 Å². The van der Waals surface area contributed by atoms with E-state index in [4.69, 9.17) is 16.3 Å². The van der Waals surface area contributed by atoms with Crippen LogP contribution in [0, 0.1) is 0 Å². The first-order valence-electron chi connectivity index (χ1n) is 7.26. The molecule has 0 fully saturated rings. The number of amides is 1. The average Bonchev–Trinajstić information content (AvgIpc) is 2.54. The SMILES string of the molecule is CC(=O)N[C@H](CC(=O)OCc1ccc(Cl)cc1)c1ccccc1. The molecule has 1 N–H and O–H groups in total. The number of ether oxygens (including phenoxy) is 1. The third-order valence-electron chi connectivity index (χ3n) is 3.26. The number of carbonyl (C=O) groups is 2. The van der Waals surface area contributed by atoms with Crippen molar-refractivity contribution in [2.75, 3.05) is 0 Å². The quantitative estimate of drug-likeness (QED) is 0.822. The molecular weight excluding hydrogens is 314 g/mol. The topological polar surface area (TPSA) is 55.4 Å². The fourth-order valence-electron chi connectivity index (χ4n) is 2.15. The molecule has 2 aromatic carbocycles. The minimum atomic E-state index is -0.397. The van der Waals surface area contributed by atoms with Gasteiger partial charge in [-0.15, -0.1) is 0 Å². The lowest BCUT2D eigenvalue weighted by Gasteiger charge is -2.17. The van der Waals surface area contributed by atoms with E-state index in [1.54, 1.807) is 24.3 Å². The molecule has 0 aliphatic carbocycles. The van der Waals surface area contributed by atoms with Gasteiger partial charge in [-0.25, -0.2) is 0 Å². The lowest BCUT2D eigenvalue weighted by molar-refractivity contribution is -0.145. The summed E-state index contributed by atoms with van der Waals surface area (Å²) >= 11 is 5.81. The Labute approximate surface area is 140 Å². The van der Waals surface area contributed by atoms with E-state index >= 15 is 0 Å². The summed E-state index contributed by atoms with van der Waals surface area (Å²) in [5.74, 6) is -0.563. The molecule has 0 saturated heterocycles. The van der Waals surface area contributed by atoms with Gasteiger partial charge >= 0.3 is 5.97 Å². The molecule has 0 bridgehead atoms. The maximum absolute atomic E-state index is 12.0. The summed E-state index contributed by atoms with van der Waals surface area (Å²) in [4.78, 5) is 23.4. The Morgan fingerprint density at radius 2 is 1.74 bits per heavy atom. The Hall–Kier alpha value is -2.33. The van der Waals surface area contributed by atoms with Crippen molar-refractivity contribution in [3.8, 4) is 0 Å². The number of hydrogen-bond donors (Lipinski definition) is 1. The maximum Gasteiger partial charge on any atom is 0.308 e. The van der Waals surface area contributed by atoms with Gasteiger partial charge in [-0.3, -0.25) is 9.59 Å². The Morgan fingerprint density at radius 3 is 2.35 bits per heavy atom. The van der Waals surface area contributed by atoms with Gasteiger partial charge in [-0.2, -0.15) is 0 Å². The summed E-state index contributed by atoms with van der Waals surface area (Å²) in [6.07, 6.45) is 0.0805. The van der Waals surface area contributed by atoms with E-state index in [9.17, 15) is 9.59 Å². The summed E-state index contributed by atoms with van der Waals surface area (Å²) in [5.41, 5.74) is 1.73. The smallest absolute Gasteiger partial charge is 0.308 e. The van der Waals surface area contributed by atoms with Crippen LogP contribution >= 0.6 is 11.6 Å². The van der Waals surface area contributed by atoms with E-state index in [1.165, 1.54) is 6.92 Å². The highest BCUT2D eigenvalue weighted by molar-refractivity contribution is 6.30. The minimum Gasteiger partial charge on any atom is -0.461 e. The second-order valence-corrected chi connectivity index (χ2v) is 5.59. The second kappa shape index (κ2) is 8.34. The molecule has 0 unspecified atom stereocenters. The van der Waals surface area contributed by atoms with E-state index in [-0.39, 0.29) is 24.9 Å². The molecule has 4 nitrogen and oxygen atoms in total. The second-order valence-electron chi connectivity index (χ2n) is 5.16. The van der Waals surface area contributed by atoms with E-state index in [0.717, 1.165) is 11.1 Å². The number of esters is 1. The summed E-state index contributed by atoms with van der Waals surface area (Å²) in [6.45, 7) is 1.60. The molecule has 0 heterocycles. The predicted octanol–water partition coefficient (Wildman–Crippen LogP) is 3.65. The Kier molecular flexibility index (Phi) is 6.18. The molecule has 0 aliphatic rings. The fourth-order valence-corrected chi connectivity index (χ4v) is 2.28. The number of carbonyl (C=O) groups excluding carboxylic acids is 2. The van der Waals surface area contributed by atoms with Crippen molar-refractivity contribution in [1.29, 1.82) is 0 Å². The highest BCUT2D eigenvalue weighted by atomic mass is 35.5. The zero-order valence-electron chi connectivity index (χ0n) is 12.8. The van der Waals surface area contributed by atoms with Gasteiger partial charge in [0.15, 0.2) is 0 Å². The molecule has 23 heavy (non-hydrogen) atoms. The van der Waals surface area contributed by atoms with Crippen molar-refractivity contribution in [3.63, 3.8) is 0 Å². The highest BCUT2D eigenvalue weighted by Crippen LogP contribution is 2.18. The average molecular weight is 332 g/mol. The third kappa shape index (κ3) is 5.75. The summed E-state index contributed by atoms with van der Waals surface area (Å²) < 4.78 is 5.27. The van der Waals surface area contributed by atoms with Crippen LogP contribution in [-0.4, -0.2) is 11.9 Å². The van der Waals surface area contributed by atoms with E-state index in [2.05, 4.69) is 5.32 Å². The van der Waals surface area contributed by atoms with Gasteiger partial charge in [-0.05, 0) is 23.3 Å². The predicted molar refractivity (Wildman–Crippen MR) is 88.9 cm³/mol. The summed E-state index contributed by atoms with van der Waals surface area (Å²) in [7, 11) is 0. The summed E-state index contributed by atoms with van der Waals surface area (Å²) in [5, 5.41) is 3.41. The van der Waals surface area contributed by atoms with Crippen LogP contribution in [0.4, 0.5) is 0 Å². The molecule has 0 spiro atoms. The first-order chi connectivity index (χ1) is 11.0. The van der Waals surface area contributed by atoms with Crippen molar-refractivity contribution in [2.45, 2.75) is 26.0 Å². The number of nitrogens with one attached hydrogen (secondary N) is 1. The minimum absolute atomic E-state index is 0.0805. The zero-order chi connectivity index (χ0) is 16.7. The van der Waals surface area contributed by atoms with Crippen LogP contribution in [0.15, 0.2) is 54.6 Å². The molecule has 2 rings (SSSR count). The van der Waals surface area contributed by atoms with Crippen LogP contribution < -0.4 is 5.32 Å². The van der Waals surface area contributed by atoms with E-state index in [1.807, 2.05) is 30.3 Å². The lowest BCUT2D eigenvalue weighted by Crippen LogP contribution is -2.28. The van der Waals surface area contributed by atoms with Crippen molar-refractivity contribution in [1.82, 2.24) is 5.32 Å². The molecule has 1 atom stereocenters. The highest BCUT2D eigenvalue weighted by Gasteiger charge is 2.17. The monoisotopic (exact) mass is 331 g/mol. The van der Waals surface area contributed by atoms with Gasteiger partial charge in [0.1, 0.15) is 6.61 Å². The van der Waals surface area contributed by atoms with Gasteiger partial charge < -0.3 is 10.1 Å². The largest absolute Gasteiger partial charge is 0.461 e. The standard InChI is InChI=1S/C18H18ClNO3/c1-13(21)20-17(15-5-3-2-4-6-15)11-18(22)23-12-14-7-9-16(19)10-8-14/h2-10,17H,11-12H2,1H3,(H,20,21)/t17-/m1/s1. The normalized spacial score (nSPS) is 11.6. The van der Waals surface area contributed by atoms with Crippen molar-refractivity contribution in [3.05, 3.63) is 70.7 Å². The number of hydrogen-bond acceptors (Lipinski definition) is 3. The van der Waals surface area contributed by atoms with Gasteiger partial charge in [0.2, 0.25) is 5.91 Å². The van der Waals surface area contributed by atoms with Gasteiger partial charge in [0, 0.05) is 11.9 Å². The Balaban J connectivity index is 1.94.